The molecule has 0 radical (unpaired) electrons. The number of hydrogen-bond donors (Lipinski definition) is 2. The lowest BCUT2D eigenvalue weighted by molar-refractivity contribution is 0.162. The quantitative estimate of drug-likeness (QED) is 0.608. The SMILES string of the molecule is CC1CCN(NS(=O)(=O)O)CC1. The molecule has 0 saturated carbocycles. The molecule has 72 valence electrons. The van der Waals surface area contributed by atoms with Gasteiger partial charge < -0.3 is 0 Å². The number of nitrogens with one attached hydrogen (secondary N) is 1. The van der Waals surface area contributed by atoms with E-state index in [4.69, 9.17) is 4.55 Å². The van der Waals surface area contributed by atoms with Crippen molar-refractivity contribution in [2.24, 2.45) is 5.92 Å². The van der Waals surface area contributed by atoms with Crippen molar-refractivity contribution in [3.05, 3.63) is 0 Å². The van der Waals surface area contributed by atoms with Crippen LogP contribution in [-0.4, -0.2) is 31.1 Å². The molecule has 1 aliphatic rings. The number of hydrogen-bond acceptors (Lipinski definition) is 3. The van der Waals surface area contributed by atoms with E-state index in [-0.39, 0.29) is 0 Å². The Labute approximate surface area is 72.6 Å². The average molecular weight is 194 g/mol. The van der Waals surface area contributed by atoms with E-state index in [1.54, 1.807) is 0 Å². The van der Waals surface area contributed by atoms with Crippen molar-refractivity contribution in [3.63, 3.8) is 0 Å². The molecule has 2 N–H and O–H groups in total. The molecular formula is C6H14N2O3S. The van der Waals surface area contributed by atoms with Gasteiger partial charge in [-0.3, -0.25) is 4.55 Å². The van der Waals surface area contributed by atoms with Crippen LogP contribution in [0.1, 0.15) is 19.8 Å². The van der Waals surface area contributed by atoms with Gasteiger partial charge in [-0.1, -0.05) is 6.92 Å². The summed E-state index contributed by atoms with van der Waals surface area (Å²) in [6.45, 7) is 3.46. The minimum absolute atomic E-state index is 0.643. The maximum absolute atomic E-state index is 10.4. The largest absolute Gasteiger partial charge is 0.346 e. The highest BCUT2D eigenvalue weighted by Crippen LogP contribution is 2.14. The number of hydrazine groups is 1. The van der Waals surface area contributed by atoms with Gasteiger partial charge in [0.05, 0.1) is 0 Å². The predicted octanol–water partition coefficient (Wildman–Crippen LogP) is 0.0257. The molecule has 0 unspecified atom stereocenters. The van der Waals surface area contributed by atoms with E-state index in [9.17, 15) is 8.42 Å². The summed E-state index contributed by atoms with van der Waals surface area (Å²) in [6, 6.07) is 0. The Bertz CT molecular complexity index is 231. The second-order valence-electron chi connectivity index (χ2n) is 3.24. The molecule has 1 fully saturated rings. The molecule has 1 heterocycles. The van der Waals surface area contributed by atoms with E-state index in [0.29, 0.717) is 19.0 Å². The van der Waals surface area contributed by atoms with Crippen molar-refractivity contribution in [1.82, 2.24) is 9.84 Å². The summed E-state index contributed by atoms with van der Waals surface area (Å²) in [6.07, 6.45) is 1.92. The van der Waals surface area contributed by atoms with Crippen LogP contribution in [0.15, 0.2) is 0 Å². The number of rotatable bonds is 2. The van der Waals surface area contributed by atoms with E-state index < -0.39 is 10.3 Å². The smallest absolute Gasteiger partial charge is 0.273 e. The monoisotopic (exact) mass is 194 g/mol. The first-order valence-electron chi connectivity index (χ1n) is 3.97. The number of piperidine rings is 1. The zero-order valence-corrected chi connectivity index (χ0v) is 7.84. The van der Waals surface area contributed by atoms with Crippen LogP contribution in [0, 0.1) is 5.92 Å². The molecule has 1 saturated heterocycles. The Morgan fingerprint density at radius 2 is 1.92 bits per heavy atom. The highest BCUT2D eigenvalue weighted by molar-refractivity contribution is 7.83. The Kier molecular flexibility index (Phi) is 3.05. The molecule has 0 spiro atoms. The Balaban J connectivity index is 2.36. The predicted molar refractivity (Wildman–Crippen MR) is 44.7 cm³/mol. The molecular weight excluding hydrogens is 180 g/mol. The van der Waals surface area contributed by atoms with Crippen LogP contribution in [0.4, 0.5) is 0 Å². The first-order chi connectivity index (χ1) is 5.47. The van der Waals surface area contributed by atoms with Gasteiger partial charge in [0, 0.05) is 13.1 Å². The van der Waals surface area contributed by atoms with Crippen molar-refractivity contribution in [2.45, 2.75) is 19.8 Å². The fourth-order valence-electron chi connectivity index (χ4n) is 1.26. The zero-order chi connectivity index (χ0) is 9.19. The summed E-state index contributed by atoms with van der Waals surface area (Å²) in [4.78, 5) is 2.04. The topological polar surface area (TPSA) is 69.6 Å². The second-order valence-corrected chi connectivity index (χ2v) is 4.37. The highest BCUT2D eigenvalue weighted by Gasteiger charge is 2.18. The third-order valence-electron chi connectivity index (χ3n) is 2.03. The molecule has 0 atom stereocenters. The lowest BCUT2D eigenvalue weighted by atomic mass is 10.0. The van der Waals surface area contributed by atoms with Crippen LogP contribution in [0.3, 0.4) is 0 Å². The molecule has 0 aromatic carbocycles. The molecule has 0 aromatic rings. The van der Waals surface area contributed by atoms with Gasteiger partial charge in [0.15, 0.2) is 0 Å². The summed E-state index contributed by atoms with van der Waals surface area (Å²) in [5.74, 6) is 0.643. The maximum atomic E-state index is 10.4. The van der Waals surface area contributed by atoms with Crippen LogP contribution in [-0.2, 0) is 10.3 Å². The van der Waals surface area contributed by atoms with Crippen molar-refractivity contribution in [2.75, 3.05) is 13.1 Å². The molecule has 0 aliphatic carbocycles. The molecule has 0 bridgehead atoms. The van der Waals surface area contributed by atoms with Crippen molar-refractivity contribution in [1.29, 1.82) is 0 Å². The highest BCUT2D eigenvalue weighted by atomic mass is 32.2. The Morgan fingerprint density at radius 3 is 2.33 bits per heavy atom. The van der Waals surface area contributed by atoms with Gasteiger partial charge in [0.1, 0.15) is 0 Å². The molecule has 0 aromatic heterocycles. The van der Waals surface area contributed by atoms with Gasteiger partial charge in [-0.15, -0.1) is 4.83 Å². The third kappa shape index (κ3) is 3.48. The van der Waals surface area contributed by atoms with Gasteiger partial charge in [-0.25, -0.2) is 5.01 Å². The lowest BCUT2D eigenvalue weighted by Gasteiger charge is -2.28. The molecule has 12 heavy (non-hydrogen) atoms. The molecule has 6 heteroatoms. The van der Waals surface area contributed by atoms with Gasteiger partial charge in [-0.05, 0) is 18.8 Å². The fourth-order valence-corrected chi connectivity index (χ4v) is 1.77. The van der Waals surface area contributed by atoms with Gasteiger partial charge in [0.25, 0.3) is 0 Å². The molecule has 1 rings (SSSR count). The zero-order valence-electron chi connectivity index (χ0n) is 7.02. The van der Waals surface area contributed by atoms with E-state index in [0.717, 1.165) is 12.8 Å². The van der Waals surface area contributed by atoms with Crippen molar-refractivity contribution >= 4 is 10.3 Å². The van der Waals surface area contributed by atoms with Gasteiger partial charge in [0.2, 0.25) is 0 Å². The third-order valence-corrected chi connectivity index (χ3v) is 2.52. The summed E-state index contributed by atoms with van der Waals surface area (Å²) >= 11 is 0. The summed E-state index contributed by atoms with van der Waals surface area (Å²) in [5, 5.41) is 1.52. The lowest BCUT2D eigenvalue weighted by Crippen LogP contribution is -2.45. The normalized spacial score (nSPS) is 22.8. The minimum atomic E-state index is -4.07. The minimum Gasteiger partial charge on any atom is -0.273 e. The van der Waals surface area contributed by atoms with E-state index in [1.807, 2.05) is 4.83 Å². The van der Waals surface area contributed by atoms with Crippen LogP contribution in [0.2, 0.25) is 0 Å². The molecule has 5 nitrogen and oxygen atoms in total. The summed E-state index contributed by atoms with van der Waals surface area (Å²) in [5.41, 5.74) is 0. The second kappa shape index (κ2) is 3.69. The first-order valence-corrected chi connectivity index (χ1v) is 5.41. The molecule has 1 aliphatic heterocycles. The summed E-state index contributed by atoms with van der Waals surface area (Å²) in [7, 11) is -4.07. The van der Waals surface area contributed by atoms with E-state index >= 15 is 0 Å². The first kappa shape index (κ1) is 9.91. The fraction of sp³-hybridized carbons (Fsp3) is 1.00. The number of nitrogens with zero attached hydrogens (tertiary/aromatic N) is 1. The Hall–Kier alpha value is -0.170. The van der Waals surface area contributed by atoms with E-state index in [1.165, 1.54) is 5.01 Å². The van der Waals surface area contributed by atoms with Gasteiger partial charge >= 0.3 is 10.3 Å². The van der Waals surface area contributed by atoms with Crippen molar-refractivity contribution in [3.8, 4) is 0 Å². The summed E-state index contributed by atoms with van der Waals surface area (Å²) < 4.78 is 29.2. The standard InChI is InChI=1S/C6H14N2O3S/c1-6-2-4-8(5-3-6)7-12(9,10)11/h6-7H,2-5H2,1H3,(H,9,10,11). The van der Waals surface area contributed by atoms with Crippen LogP contribution in [0.5, 0.6) is 0 Å². The Morgan fingerprint density at radius 1 is 1.42 bits per heavy atom. The van der Waals surface area contributed by atoms with Crippen LogP contribution < -0.4 is 4.83 Å². The van der Waals surface area contributed by atoms with E-state index in [2.05, 4.69) is 6.92 Å². The van der Waals surface area contributed by atoms with Crippen LogP contribution in [0.25, 0.3) is 0 Å². The van der Waals surface area contributed by atoms with Crippen molar-refractivity contribution < 1.29 is 13.0 Å². The molecule has 0 amide bonds. The average Bonchev–Trinajstić information content (AvgIpc) is 1.91. The van der Waals surface area contributed by atoms with Crippen LogP contribution >= 0.6 is 0 Å². The maximum Gasteiger partial charge on any atom is 0.346 e. The van der Waals surface area contributed by atoms with Gasteiger partial charge in [-0.2, -0.15) is 8.42 Å².